The Bertz CT molecular complexity index is 645. The predicted octanol–water partition coefficient (Wildman–Crippen LogP) is -0.228. The molecule has 19 heavy (non-hydrogen) atoms. The van der Waals surface area contributed by atoms with E-state index in [1.54, 1.807) is 0 Å². The molecule has 1 atom stereocenters. The molecule has 0 radical (unpaired) electrons. The Balaban J connectivity index is 1.92. The van der Waals surface area contributed by atoms with Gasteiger partial charge in [0.25, 0.3) is 0 Å². The van der Waals surface area contributed by atoms with E-state index >= 15 is 0 Å². The monoisotopic (exact) mass is 262 g/mol. The summed E-state index contributed by atoms with van der Waals surface area (Å²) < 4.78 is 1.49. The van der Waals surface area contributed by atoms with Crippen LogP contribution in [0.5, 0.6) is 0 Å². The molecular weight excluding hydrogens is 244 g/mol. The summed E-state index contributed by atoms with van der Waals surface area (Å²) >= 11 is 0. The van der Waals surface area contributed by atoms with E-state index in [2.05, 4.69) is 25.4 Å². The smallest absolute Gasteiger partial charge is 0.349 e. The van der Waals surface area contributed by atoms with Crippen molar-refractivity contribution >= 4 is 11.5 Å². The Morgan fingerprint density at radius 3 is 3.21 bits per heavy atom. The van der Waals surface area contributed by atoms with E-state index in [-0.39, 0.29) is 5.69 Å². The summed E-state index contributed by atoms with van der Waals surface area (Å²) in [5, 5.41) is 9.68. The standard InChI is InChI=1S/C12H18N6O/c1-8-14-10(5-11-15-16-12(19)18(8)11)17-4-3-9(7-17)6-13-2/h5,9,13H,3-4,6-7H2,1-2H3,(H,16,19). The van der Waals surface area contributed by atoms with Gasteiger partial charge in [-0.3, -0.25) is 0 Å². The third-order valence-corrected chi connectivity index (χ3v) is 3.66. The lowest BCUT2D eigenvalue weighted by atomic mass is 10.1. The van der Waals surface area contributed by atoms with E-state index < -0.39 is 0 Å². The van der Waals surface area contributed by atoms with E-state index in [1.807, 2.05) is 20.0 Å². The lowest BCUT2D eigenvalue weighted by Crippen LogP contribution is -2.25. The van der Waals surface area contributed by atoms with Gasteiger partial charge in [0.15, 0.2) is 5.65 Å². The summed E-state index contributed by atoms with van der Waals surface area (Å²) in [6.07, 6.45) is 1.17. The first kappa shape index (κ1) is 12.2. The molecule has 7 heteroatoms. The predicted molar refractivity (Wildman–Crippen MR) is 72.6 cm³/mol. The highest BCUT2D eigenvalue weighted by atomic mass is 16.1. The van der Waals surface area contributed by atoms with Crippen LogP contribution in [0.1, 0.15) is 12.2 Å². The molecule has 0 amide bonds. The molecule has 0 aromatic carbocycles. The number of fused-ring (bicyclic) bond motifs is 1. The highest BCUT2D eigenvalue weighted by Gasteiger charge is 2.23. The van der Waals surface area contributed by atoms with Crippen molar-refractivity contribution in [1.82, 2.24) is 24.9 Å². The van der Waals surface area contributed by atoms with Crippen LogP contribution in [0.3, 0.4) is 0 Å². The highest BCUT2D eigenvalue weighted by Crippen LogP contribution is 2.22. The summed E-state index contributed by atoms with van der Waals surface area (Å²) in [5.41, 5.74) is 0.394. The van der Waals surface area contributed by atoms with Crippen LogP contribution >= 0.6 is 0 Å². The molecule has 2 N–H and O–H groups in total. The van der Waals surface area contributed by atoms with Crippen molar-refractivity contribution in [3.63, 3.8) is 0 Å². The lowest BCUT2D eigenvalue weighted by Gasteiger charge is -2.18. The van der Waals surface area contributed by atoms with Gasteiger partial charge in [-0.2, -0.15) is 5.10 Å². The number of hydrogen-bond donors (Lipinski definition) is 2. The second-order valence-corrected chi connectivity index (χ2v) is 5.04. The van der Waals surface area contributed by atoms with Gasteiger partial charge in [-0.1, -0.05) is 0 Å². The molecule has 7 nitrogen and oxygen atoms in total. The van der Waals surface area contributed by atoms with Gasteiger partial charge in [0, 0.05) is 19.2 Å². The maximum Gasteiger partial charge on any atom is 0.349 e. The molecular formula is C12H18N6O. The van der Waals surface area contributed by atoms with E-state index in [0.29, 0.717) is 17.4 Å². The van der Waals surface area contributed by atoms with Gasteiger partial charge >= 0.3 is 5.69 Å². The molecule has 1 aliphatic heterocycles. The quantitative estimate of drug-likeness (QED) is 0.799. The van der Waals surface area contributed by atoms with Crippen molar-refractivity contribution in [3.05, 3.63) is 22.4 Å². The maximum atomic E-state index is 11.6. The number of aromatic nitrogens is 4. The number of nitrogens with zero attached hydrogens (tertiary/aromatic N) is 4. The zero-order chi connectivity index (χ0) is 13.4. The maximum absolute atomic E-state index is 11.6. The second-order valence-electron chi connectivity index (χ2n) is 5.04. The minimum absolute atomic E-state index is 0.235. The first-order valence-electron chi connectivity index (χ1n) is 6.53. The summed E-state index contributed by atoms with van der Waals surface area (Å²) in [6, 6.07) is 1.87. The van der Waals surface area contributed by atoms with Gasteiger partial charge in [-0.05, 0) is 32.9 Å². The Kier molecular flexibility index (Phi) is 2.98. The van der Waals surface area contributed by atoms with Crippen LogP contribution in [0.15, 0.2) is 10.9 Å². The topological polar surface area (TPSA) is 78.3 Å². The van der Waals surface area contributed by atoms with Crippen LogP contribution in [0, 0.1) is 12.8 Å². The Morgan fingerprint density at radius 2 is 2.42 bits per heavy atom. The van der Waals surface area contributed by atoms with E-state index in [4.69, 9.17) is 0 Å². The second kappa shape index (κ2) is 4.65. The van der Waals surface area contributed by atoms with Crippen molar-refractivity contribution in [2.24, 2.45) is 5.92 Å². The minimum Gasteiger partial charge on any atom is -0.356 e. The number of nitrogens with one attached hydrogen (secondary N) is 2. The summed E-state index contributed by atoms with van der Waals surface area (Å²) in [6.45, 7) is 4.86. The molecule has 3 rings (SSSR count). The molecule has 0 bridgehead atoms. The first-order chi connectivity index (χ1) is 9.19. The molecule has 0 aliphatic carbocycles. The van der Waals surface area contributed by atoms with E-state index in [0.717, 1.165) is 25.5 Å². The zero-order valence-corrected chi connectivity index (χ0v) is 11.2. The normalized spacial score (nSPS) is 19.5. The molecule has 1 aliphatic rings. The SMILES string of the molecule is CNCC1CCN(c2cc3n[nH]c(=O)n3c(C)n2)C1. The van der Waals surface area contributed by atoms with Crippen LogP contribution in [-0.4, -0.2) is 46.3 Å². The largest absolute Gasteiger partial charge is 0.356 e. The fraction of sp³-hybridized carbons (Fsp3) is 0.583. The van der Waals surface area contributed by atoms with E-state index in [9.17, 15) is 4.79 Å². The number of rotatable bonds is 3. The lowest BCUT2D eigenvalue weighted by molar-refractivity contribution is 0.549. The first-order valence-corrected chi connectivity index (χ1v) is 6.53. The number of hydrogen-bond acceptors (Lipinski definition) is 5. The summed E-state index contributed by atoms with van der Waals surface area (Å²) in [7, 11) is 1.98. The van der Waals surface area contributed by atoms with Crippen LogP contribution in [0.25, 0.3) is 5.65 Å². The molecule has 2 aromatic rings. The third kappa shape index (κ3) is 2.10. The Hall–Kier alpha value is -1.89. The molecule has 1 unspecified atom stereocenters. The average molecular weight is 262 g/mol. The third-order valence-electron chi connectivity index (χ3n) is 3.66. The summed E-state index contributed by atoms with van der Waals surface area (Å²) in [4.78, 5) is 18.3. The Morgan fingerprint density at radius 1 is 1.58 bits per heavy atom. The van der Waals surface area contributed by atoms with Crippen LogP contribution in [0.4, 0.5) is 5.82 Å². The Labute approximate surface area is 110 Å². The van der Waals surface area contributed by atoms with Gasteiger partial charge in [-0.15, -0.1) is 0 Å². The fourth-order valence-corrected chi connectivity index (χ4v) is 2.74. The van der Waals surface area contributed by atoms with Gasteiger partial charge in [0.05, 0.1) is 0 Å². The number of aromatic amines is 1. The van der Waals surface area contributed by atoms with Crippen LogP contribution < -0.4 is 15.9 Å². The van der Waals surface area contributed by atoms with Crippen molar-refractivity contribution in [2.45, 2.75) is 13.3 Å². The van der Waals surface area contributed by atoms with Crippen molar-refractivity contribution < 1.29 is 0 Å². The van der Waals surface area contributed by atoms with Crippen LogP contribution in [0.2, 0.25) is 0 Å². The molecule has 0 saturated carbocycles. The molecule has 1 fully saturated rings. The number of H-pyrrole nitrogens is 1. The van der Waals surface area contributed by atoms with Gasteiger partial charge in [-0.25, -0.2) is 19.3 Å². The summed E-state index contributed by atoms with van der Waals surface area (Å²) in [5.74, 6) is 2.23. The molecule has 102 valence electrons. The zero-order valence-electron chi connectivity index (χ0n) is 11.2. The minimum atomic E-state index is -0.235. The fourth-order valence-electron chi connectivity index (χ4n) is 2.74. The average Bonchev–Trinajstić information content (AvgIpc) is 2.97. The molecule has 3 heterocycles. The molecule has 2 aromatic heterocycles. The van der Waals surface area contributed by atoms with E-state index in [1.165, 1.54) is 10.8 Å². The van der Waals surface area contributed by atoms with Gasteiger partial charge < -0.3 is 10.2 Å². The van der Waals surface area contributed by atoms with Crippen LogP contribution in [-0.2, 0) is 0 Å². The molecule has 0 spiro atoms. The number of anilines is 1. The van der Waals surface area contributed by atoms with Gasteiger partial charge in [0.2, 0.25) is 0 Å². The van der Waals surface area contributed by atoms with Crippen molar-refractivity contribution in [3.8, 4) is 0 Å². The van der Waals surface area contributed by atoms with Gasteiger partial charge in [0.1, 0.15) is 11.6 Å². The highest BCUT2D eigenvalue weighted by molar-refractivity contribution is 5.51. The molecule has 1 saturated heterocycles. The number of aryl methyl sites for hydroxylation is 1. The van der Waals surface area contributed by atoms with Crippen molar-refractivity contribution in [2.75, 3.05) is 31.6 Å². The van der Waals surface area contributed by atoms with Crippen molar-refractivity contribution in [1.29, 1.82) is 0 Å².